The highest BCUT2D eigenvalue weighted by atomic mass is 32.1. The van der Waals surface area contributed by atoms with Gasteiger partial charge < -0.3 is 9.32 Å². The van der Waals surface area contributed by atoms with Gasteiger partial charge in [-0.25, -0.2) is 0 Å². The smallest absolute Gasteiger partial charge is 0.143 e. The Morgan fingerprint density at radius 2 is 0.860 bits per heavy atom. The Labute approximate surface area is 335 Å². The lowest BCUT2D eigenvalue weighted by molar-refractivity contribution is 0.670. The Morgan fingerprint density at radius 3 is 1.61 bits per heavy atom. The summed E-state index contributed by atoms with van der Waals surface area (Å²) in [6.45, 7) is 0. The summed E-state index contributed by atoms with van der Waals surface area (Å²) in [5.41, 5.74) is 14.5. The zero-order valence-corrected chi connectivity index (χ0v) is 31.8. The fourth-order valence-electron chi connectivity index (χ4n) is 8.24. The molecule has 9 aromatic carbocycles. The molecule has 57 heavy (non-hydrogen) atoms. The fraction of sp³-hybridized carbons (Fsp3) is 0. The molecule has 0 radical (unpaired) electrons. The summed E-state index contributed by atoms with van der Waals surface area (Å²) in [5, 5.41) is 4.89. The van der Waals surface area contributed by atoms with Gasteiger partial charge in [-0.2, -0.15) is 0 Å². The lowest BCUT2D eigenvalue weighted by atomic mass is 9.99. The molecule has 0 aliphatic rings. The van der Waals surface area contributed by atoms with E-state index in [4.69, 9.17) is 4.42 Å². The molecule has 11 rings (SSSR count). The monoisotopic (exact) mass is 745 g/mol. The second kappa shape index (κ2) is 13.8. The van der Waals surface area contributed by atoms with Gasteiger partial charge >= 0.3 is 0 Å². The van der Waals surface area contributed by atoms with Crippen molar-refractivity contribution >= 4 is 70.5 Å². The van der Waals surface area contributed by atoms with Crippen molar-refractivity contribution in [2.24, 2.45) is 0 Å². The molecule has 0 fully saturated rings. The van der Waals surface area contributed by atoms with E-state index >= 15 is 0 Å². The standard InChI is InChI=1S/C54H35NOS/c1-3-11-36(12-4-1)40-15-9-16-45(33-40)55(44-29-23-38(24-30-44)42-25-31-48-47-17-7-8-20-52(47)57-53(48)35-42)43-27-21-37(22-28-43)41-26-32-51-50(34-41)49-19-10-18-46(54(49)56-51)39-13-5-2-6-14-39/h1-35H. The van der Waals surface area contributed by atoms with Crippen LogP contribution in [0, 0.1) is 0 Å². The third-order valence-corrected chi connectivity index (χ3v) is 12.2. The number of fused-ring (bicyclic) bond motifs is 6. The molecule has 2 aromatic heterocycles. The number of benzene rings is 9. The van der Waals surface area contributed by atoms with Gasteiger partial charge in [0.25, 0.3) is 0 Å². The SMILES string of the molecule is c1ccc(-c2cccc(N(c3ccc(-c4ccc5c(c4)sc4ccccc45)cc3)c3ccc(-c4ccc5oc6c(-c7ccccc7)cccc6c5c4)cc3)c2)cc1. The Bertz CT molecular complexity index is 3210. The maximum Gasteiger partial charge on any atom is 0.143 e. The zero-order chi connectivity index (χ0) is 37.7. The number of nitrogens with zero attached hydrogens (tertiary/aromatic N) is 1. The van der Waals surface area contributed by atoms with E-state index in [-0.39, 0.29) is 0 Å². The van der Waals surface area contributed by atoms with Crippen LogP contribution in [0.25, 0.3) is 86.6 Å². The average molecular weight is 746 g/mol. The Morgan fingerprint density at radius 1 is 0.316 bits per heavy atom. The molecule has 2 nitrogen and oxygen atoms in total. The summed E-state index contributed by atoms with van der Waals surface area (Å²) >= 11 is 1.86. The van der Waals surface area contributed by atoms with Crippen molar-refractivity contribution < 1.29 is 4.42 Å². The number of hydrogen-bond donors (Lipinski definition) is 0. The maximum atomic E-state index is 6.48. The van der Waals surface area contributed by atoms with Gasteiger partial charge in [0.05, 0.1) is 0 Å². The van der Waals surface area contributed by atoms with Gasteiger partial charge in [-0.1, -0.05) is 152 Å². The van der Waals surface area contributed by atoms with Gasteiger partial charge in [0.1, 0.15) is 11.2 Å². The van der Waals surface area contributed by atoms with E-state index in [2.05, 4.69) is 211 Å². The van der Waals surface area contributed by atoms with Crippen molar-refractivity contribution in [3.8, 4) is 44.5 Å². The molecular weight excluding hydrogens is 711 g/mol. The van der Waals surface area contributed by atoms with Gasteiger partial charge in [0.2, 0.25) is 0 Å². The summed E-state index contributed by atoms with van der Waals surface area (Å²) in [6, 6.07) is 76.3. The molecule has 0 saturated heterocycles. The molecule has 0 spiro atoms. The molecule has 0 N–H and O–H groups in total. The van der Waals surface area contributed by atoms with E-state index in [9.17, 15) is 0 Å². The second-order valence-corrected chi connectivity index (χ2v) is 15.6. The zero-order valence-electron chi connectivity index (χ0n) is 31.0. The molecule has 268 valence electrons. The average Bonchev–Trinajstić information content (AvgIpc) is 3.85. The Balaban J connectivity index is 0.966. The molecule has 0 atom stereocenters. The van der Waals surface area contributed by atoms with Crippen LogP contribution in [-0.2, 0) is 0 Å². The number of rotatable bonds is 7. The van der Waals surface area contributed by atoms with Crippen molar-refractivity contribution in [2.75, 3.05) is 4.90 Å². The van der Waals surface area contributed by atoms with Crippen LogP contribution in [0.4, 0.5) is 17.1 Å². The molecule has 11 aromatic rings. The minimum atomic E-state index is 0.894. The summed E-state index contributed by atoms with van der Waals surface area (Å²) in [5.74, 6) is 0. The van der Waals surface area contributed by atoms with Crippen LogP contribution in [0.5, 0.6) is 0 Å². The first-order valence-electron chi connectivity index (χ1n) is 19.3. The second-order valence-electron chi connectivity index (χ2n) is 14.5. The quantitative estimate of drug-likeness (QED) is 0.162. The van der Waals surface area contributed by atoms with Crippen LogP contribution in [0.2, 0.25) is 0 Å². The third kappa shape index (κ3) is 5.97. The Hall–Kier alpha value is -7.20. The Kier molecular flexibility index (Phi) is 8.04. The van der Waals surface area contributed by atoms with Crippen molar-refractivity contribution in [3.63, 3.8) is 0 Å². The molecule has 0 amide bonds. The van der Waals surface area contributed by atoms with Gasteiger partial charge in [-0.05, 0) is 99.6 Å². The number of anilines is 3. The predicted molar refractivity (Wildman–Crippen MR) is 243 cm³/mol. The minimum Gasteiger partial charge on any atom is -0.455 e. The summed E-state index contributed by atoms with van der Waals surface area (Å²) in [6.07, 6.45) is 0. The number of para-hydroxylation sites is 1. The van der Waals surface area contributed by atoms with Crippen LogP contribution >= 0.6 is 11.3 Å². The maximum absolute atomic E-state index is 6.48. The molecule has 0 saturated carbocycles. The summed E-state index contributed by atoms with van der Waals surface area (Å²) in [4.78, 5) is 2.35. The van der Waals surface area contributed by atoms with E-state index < -0.39 is 0 Å². The van der Waals surface area contributed by atoms with Gasteiger partial charge in [0, 0.05) is 53.6 Å². The molecular formula is C54H35NOS. The molecule has 3 heteroatoms. The van der Waals surface area contributed by atoms with Crippen LogP contribution in [0.1, 0.15) is 0 Å². The van der Waals surface area contributed by atoms with Crippen molar-refractivity contribution in [1.82, 2.24) is 0 Å². The van der Waals surface area contributed by atoms with Gasteiger partial charge in [-0.15, -0.1) is 11.3 Å². The fourth-order valence-corrected chi connectivity index (χ4v) is 9.38. The van der Waals surface area contributed by atoms with Gasteiger partial charge in [0.15, 0.2) is 0 Å². The molecule has 0 bridgehead atoms. The molecule has 0 aliphatic carbocycles. The van der Waals surface area contributed by atoms with E-state index in [0.29, 0.717) is 0 Å². The highest BCUT2D eigenvalue weighted by molar-refractivity contribution is 7.25. The molecule has 0 unspecified atom stereocenters. The van der Waals surface area contributed by atoms with Crippen molar-refractivity contribution in [1.29, 1.82) is 0 Å². The first kappa shape index (κ1) is 33.2. The largest absolute Gasteiger partial charge is 0.455 e. The summed E-state index contributed by atoms with van der Waals surface area (Å²) in [7, 11) is 0. The first-order valence-corrected chi connectivity index (χ1v) is 20.1. The van der Waals surface area contributed by atoms with E-state index in [1.54, 1.807) is 0 Å². The van der Waals surface area contributed by atoms with Crippen molar-refractivity contribution in [3.05, 3.63) is 212 Å². The lowest BCUT2D eigenvalue weighted by Crippen LogP contribution is -2.10. The topological polar surface area (TPSA) is 16.4 Å². The van der Waals surface area contributed by atoms with Crippen LogP contribution in [-0.4, -0.2) is 0 Å². The summed E-state index contributed by atoms with van der Waals surface area (Å²) < 4.78 is 9.12. The molecule has 0 aliphatic heterocycles. The van der Waals surface area contributed by atoms with Crippen LogP contribution in [0.15, 0.2) is 217 Å². The highest BCUT2D eigenvalue weighted by Gasteiger charge is 2.17. The predicted octanol–water partition coefficient (Wildman–Crippen LogP) is 16.1. The minimum absolute atomic E-state index is 0.894. The van der Waals surface area contributed by atoms with E-state index in [1.807, 2.05) is 17.4 Å². The normalized spacial score (nSPS) is 11.5. The van der Waals surface area contributed by atoms with Crippen LogP contribution in [0.3, 0.4) is 0 Å². The molecule has 2 heterocycles. The number of thiophene rings is 1. The third-order valence-electron chi connectivity index (χ3n) is 11.1. The number of furan rings is 1. The van der Waals surface area contributed by atoms with E-state index in [1.165, 1.54) is 42.4 Å². The van der Waals surface area contributed by atoms with Crippen molar-refractivity contribution in [2.45, 2.75) is 0 Å². The van der Waals surface area contributed by atoms with E-state index in [0.717, 1.165) is 61.3 Å². The lowest BCUT2D eigenvalue weighted by Gasteiger charge is -2.26. The van der Waals surface area contributed by atoms with Crippen LogP contribution < -0.4 is 4.90 Å². The van der Waals surface area contributed by atoms with Gasteiger partial charge in [-0.3, -0.25) is 0 Å². The highest BCUT2D eigenvalue weighted by Crippen LogP contribution is 2.41. The first-order chi connectivity index (χ1) is 28.2. The number of hydrogen-bond acceptors (Lipinski definition) is 3.